The molecule has 0 saturated carbocycles. The van der Waals surface area contributed by atoms with Gasteiger partial charge in [0.15, 0.2) is 0 Å². The normalized spacial score (nSPS) is 10.9. The van der Waals surface area contributed by atoms with Gasteiger partial charge < -0.3 is 5.32 Å². The quantitative estimate of drug-likeness (QED) is 0.559. The lowest BCUT2D eigenvalue weighted by molar-refractivity contribution is -0.115. The molecule has 0 radical (unpaired) electrons. The van der Waals surface area contributed by atoms with Crippen molar-refractivity contribution in [3.63, 3.8) is 0 Å². The van der Waals surface area contributed by atoms with Crippen molar-refractivity contribution >= 4 is 44.5 Å². The smallest absolute Gasteiger partial charge is 0.230 e. The van der Waals surface area contributed by atoms with Crippen molar-refractivity contribution in [2.24, 2.45) is 0 Å². The minimum atomic E-state index is -0.0705. The lowest BCUT2D eigenvalue weighted by atomic mass is 10.1. The van der Waals surface area contributed by atoms with Crippen molar-refractivity contribution < 1.29 is 4.79 Å². The van der Waals surface area contributed by atoms with Gasteiger partial charge in [-0.2, -0.15) is 0 Å². The van der Waals surface area contributed by atoms with Gasteiger partial charge in [-0.25, -0.2) is 9.97 Å². The summed E-state index contributed by atoms with van der Waals surface area (Å²) in [6.45, 7) is 1.94. The summed E-state index contributed by atoms with van der Waals surface area (Å²) >= 11 is 3.18. The zero-order valence-electron chi connectivity index (χ0n) is 13.5. The molecule has 4 rings (SSSR count). The summed E-state index contributed by atoms with van der Waals surface area (Å²) in [7, 11) is 0. The first-order chi connectivity index (χ1) is 12.2. The monoisotopic (exact) mass is 365 g/mol. The number of amides is 1. The third kappa shape index (κ3) is 3.45. The molecule has 2 aromatic heterocycles. The molecule has 0 aliphatic heterocycles. The van der Waals surface area contributed by atoms with Gasteiger partial charge in [0.1, 0.15) is 5.01 Å². The van der Waals surface area contributed by atoms with Crippen molar-refractivity contribution in [3.8, 4) is 10.6 Å². The van der Waals surface area contributed by atoms with Crippen molar-refractivity contribution in [2.45, 2.75) is 13.3 Å². The van der Waals surface area contributed by atoms with Crippen molar-refractivity contribution in [3.05, 3.63) is 64.6 Å². The van der Waals surface area contributed by atoms with Gasteiger partial charge >= 0.3 is 0 Å². The third-order valence-corrected chi connectivity index (χ3v) is 5.63. The Balaban J connectivity index is 1.61. The van der Waals surface area contributed by atoms with Crippen LogP contribution in [0, 0.1) is 6.92 Å². The van der Waals surface area contributed by atoms with E-state index in [4.69, 9.17) is 4.98 Å². The zero-order valence-corrected chi connectivity index (χ0v) is 15.2. The molecular weight excluding hydrogens is 350 g/mol. The maximum absolute atomic E-state index is 12.4. The highest BCUT2D eigenvalue weighted by Crippen LogP contribution is 2.34. The van der Waals surface area contributed by atoms with Gasteiger partial charge in [-0.3, -0.25) is 4.79 Å². The van der Waals surface area contributed by atoms with Crippen LogP contribution in [0.5, 0.6) is 0 Å². The second-order valence-electron chi connectivity index (χ2n) is 5.62. The van der Waals surface area contributed by atoms with Gasteiger partial charge in [0.05, 0.1) is 33.0 Å². The first-order valence-corrected chi connectivity index (χ1v) is 9.54. The Morgan fingerprint density at radius 2 is 1.88 bits per heavy atom. The number of thiazole rings is 2. The number of nitrogens with one attached hydrogen (secondary N) is 1. The fraction of sp³-hybridized carbons (Fsp3) is 0.105. The van der Waals surface area contributed by atoms with Crippen LogP contribution in [0.1, 0.15) is 10.7 Å². The van der Waals surface area contributed by atoms with Crippen LogP contribution in [0.2, 0.25) is 0 Å². The Morgan fingerprint density at radius 1 is 1.08 bits per heavy atom. The number of rotatable bonds is 4. The number of hydrogen-bond donors (Lipinski definition) is 1. The molecule has 124 valence electrons. The molecule has 0 aliphatic carbocycles. The second-order valence-corrected chi connectivity index (χ2v) is 7.71. The van der Waals surface area contributed by atoms with Gasteiger partial charge in [-0.1, -0.05) is 24.3 Å². The molecule has 1 N–H and O–H groups in total. The lowest BCUT2D eigenvalue weighted by Crippen LogP contribution is -2.15. The van der Waals surface area contributed by atoms with Crippen molar-refractivity contribution in [1.29, 1.82) is 0 Å². The van der Waals surface area contributed by atoms with Crippen molar-refractivity contribution in [2.75, 3.05) is 5.32 Å². The molecular formula is C19H15N3OS2. The average molecular weight is 365 g/mol. The number of benzene rings is 2. The molecule has 0 atom stereocenters. The van der Waals surface area contributed by atoms with Gasteiger partial charge in [-0.15, -0.1) is 22.7 Å². The number of carbonyl (C=O) groups is 1. The number of fused-ring (bicyclic) bond motifs is 1. The number of hydrogen-bond acceptors (Lipinski definition) is 5. The first-order valence-electron chi connectivity index (χ1n) is 7.85. The number of aryl methyl sites for hydroxylation is 1. The molecule has 2 heterocycles. The minimum absolute atomic E-state index is 0.0705. The Hall–Kier alpha value is -2.57. The lowest BCUT2D eigenvalue weighted by Gasteiger charge is -2.08. The van der Waals surface area contributed by atoms with E-state index in [-0.39, 0.29) is 12.3 Å². The standard InChI is InChI=1S/C19H15N3OS2/c1-12-20-13(11-24-12)10-18(23)21-15-7-3-2-6-14(15)19-22-16-8-4-5-9-17(16)25-19/h2-9,11H,10H2,1H3,(H,21,23). The predicted molar refractivity (Wildman–Crippen MR) is 104 cm³/mol. The summed E-state index contributed by atoms with van der Waals surface area (Å²) < 4.78 is 1.14. The van der Waals surface area contributed by atoms with Gasteiger partial charge in [0.2, 0.25) is 5.91 Å². The molecule has 0 bridgehead atoms. The average Bonchev–Trinajstić information content (AvgIpc) is 3.21. The van der Waals surface area contributed by atoms with Gasteiger partial charge in [0.25, 0.3) is 0 Å². The van der Waals surface area contributed by atoms with E-state index in [0.29, 0.717) is 0 Å². The Bertz CT molecular complexity index is 1020. The molecule has 0 unspecified atom stereocenters. The molecule has 6 heteroatoms. The highest BCUT2D eigenvalue weighted by Gasteiger charge is 2.13. The summed E-state index contributed by atoms with van der Waals surface area (Å²) in [4.78, 5) is 21.4. The first kappa shape index (κ1) is 15.9. The second kappa shape index (κ2) is 6.74. The highest BCUT2D eigenvalue weighted by molar-refractivity contribution is 7.21. The molecule has 2 aromatic carbocycles. The summed E-state index contributed by atoms with van der Waals surface area (Å²) in [6.07, 6.45) is 0.276. The number of aromatic nitrogens is 2. The summed E-state index contributed by atoms with van der Waals surface area (Å²) in [5, 5.41) is 6.80. The van der Waals surface area contributed by atoms with Crippen LogP contribution in [-0.4, -0.2) is 15.9 Å². The van der Waals surface area contributed by atoms with Crippen LogP contribution in [0.15, 0.2) is 53.9 Å². The van der Waals surface area contributed by atoms with E-state index in [1.54, 1.807) is 22.7 Å². The summed E-state index contributed by atoms with van der Waals surface area (Å²) in [5.74, 6) is -0.0705. The molecule has 4 aromatic rings. The van der Waals surface area contributed by atoms with E-state index in [0.717, 1.165) is 37.2 Å². The maximum atomic E-state index is 12.4. The van der Waals surface area contributed by atoms with E-state index >= 15 is 0 Å². The van der Waals surface area contributed by atoms with Crippen LogP contribution in [0.25, 0.3) is 20.8 Å². The van der Waals surface area contributed by atoms with Crippen LogP contribution in [-0.2, 0) is 11.2 Å². The van der Waals surface area contributed by atoms with Crippen LogP contribution in [0.3, 0.4) is 0 Å². The Morgan fingerprint density at radius 3 is 2.68 bits per heavy atom. The molecule has 0 aliphatic rings. The minimum Gasteiger partial charge on any atom is -0.325 e. The van der Waals surface area contributed by atoms with Gasteiger partial charge in [-0.05, 0) is 31.2 Å². The van der Waals surface area contributed by atoms with E-state index < -0.39 is 0 Å². The molecule has 0 fully saturated rings. The molecule has 1 amide bonds. The van der Waals surface area contributed by atoms with E-state index in [1.165, 1.54) is 0 Å². The fourth-order valence-corrected chi connectivity index (χ4v) is 4.23. The zero-order chi connectivity index (χ0) is 17.2. The molecule has 0 spiro atoms. The number of anilines is 1. The molecule has 4 nitrogen and oxygen atoms in total. The number of para-hydroxylation sites is 2. The third-order valence-electron chi connectivity index (χ3n) is 3.73. The summed E-state index contributed by atoms with van der Waals surface area (Å²) in [5.41, 5.74) is 3.49. The van der Waals surface area contributed by atoms with E-state index in [1.807, 2.05) is 54.8 Å². The number of nitrogens with zero attached hydrogens (tertiary/aromatic N) is 2. The Labute approximate surface area is 153 Å². The van der Waals surface area contributed by atoms with Crippen molar-refractivity contribution in [1.82, 2.24) is 9.97 Å². The van der Waals surface area contributed by atoms with Crippen LogP contribution >= 0.6 is 22.7 Å². The SMILES string of the molecule is Cc1nc(CC(=O)Nc2ccccc2-c2nc3ccccc3s2)cs1. The fourth-order valence-electron chi connectivity index (χ4n) is 2.61. The number of carbonyl (C=O) groups excluding carboxylic acids is 1. The molecule has 25 heavy (non-hydrogen) atoms. The highest BCUT2D eigenvalue weighted by atomic mass is 32.1. The largest absolute Gasteiger partial charge is 0.325 e. The van der Waals surface area contributed by atoms with Gasteiger partial charge in [0, 0.05) is 10.9 Å². The maximum Gasteiger partial charge on any atom is 0.230 e. The predicted octanol–water partition coefficient (Wildman–Crippen LogP) is 4.91. The van der Waals surface area contributed by atoms with E-state index in [2.05, 4.69) is 16.4 Å². The molecule has 0 saturated heterocycles. The topological polar surface area (TPSA) is 54.9 Å². The Kier molecular flexibility index (Phi) is 4.29. The van der Waals surface area contributed by atoms with E-state index in [9.17, 15) is 4.79 Å². The van der Waals surface area contributed by atoms with Crippen LogP contribution in [0.4, 0.5) is 5.69 Å². The van der Waals surface area contributed by atoms with Crippen LogP contribution < -0.4 is 5.32 Å². The summed E-state index contributed by atoms with van der Waals surface area (Å²) in [6, 6.07) is 15.8.